The molecule has 8 heteroatoms. The molecule has 0 aliphatic heterocycles. The summed E-state index contributed by atoms with van der Waals surface area (Å²) in [6, 6.07) is 11.8. The van der Waals surface area contributed by atoms with E-state index in [-0.39, 0.29) is 5.91 Å². The molecule has 1 N–H and O–H groups in total. The molecule has 0 radical (unpaired) electrons. The van der Waals surface area contributed by atoms with Gasteiger partial charge in [-0.25, -0.2) is 0 Å². The highest BCUT2D eigenvalue weighted by atomic mass is 32.2. The first-order valence-corrected chi connectivity index (χ1v) is 11.2. The summed E-state index contributed by atoms with van der Waals surface area (Å²) in [7, 11) is 1.64. The second-order valence-corrected chi connectivity index (χ2v) is 8.21. The maximum atomic E-state index is 12.5. The maximum absolute atomic E-state index is 12.5. The Hall–Kier alpha value is -2.87. The fourth-order valence-corrected chi connectivity index (χ4v) is 4.42. The van der Waals surface area contributed by atoms with Gasteiger partial charge in [-0.3, -0.25) is 14.3 Å². The standard InChI is InChI=1S/C22H25N5O2S/c1-29-19-11-9-18(10-12-19)27-21(16-6-5-13-23-14-16)25-26-22(27)30-15-20(28)24-17-7-3-2-4-8-17/h5-6,9-14,17H,2-4,7-8,15H2,1H3,(H,24,28). The molecule has 1 aliphatic carbocycles. The number of hydrogen-bond donors (Lipinski definition) is 1. The highest BCUT2D eigenvalue weighted by Gasteiger charge is 2.19. The third-order valence-corrected chi connectivity index (χ3v) is 6.12. The first-order chi connectivity index (χ1) is 14.7. The van der Waals surface area contributed by atoms with Gasteiger partial charge in [0, 0.05) is 29.7 Å². The molecule has 3 aromatic rings. The zero-order valence-electron chi connectivity index (χ0n) is 17.0. The second kappa shape index (κ2) is 9.75. The molecule has 7 nitrogen and oxygen atoms in total. The van der Waals surface area contributed by atoms with Crippen LogP contribution in [-0.4, -0.2) is 44.6 Å². The van der Waals surface area contributed by atoms with Crippen molar-refractivity contribution in [3.63, 3.8) is 0 Å². The van der Waals surface area contributed by atoms with Gasteiger partial charge >= 0.3 is 0 Å². The number of amides is 1. The second-order valence-electron chi connectivity index (χ2n) is 7.27. The minimum absolute atomic E-state index is 0.0408. The van der Waals surface area contributed by atoms with Crippen molar-refractivity contribution >= 4 is 17.7 Å². The van der Waals surface area contributed by atoms with E-state index in [9.17, 15) is 4.79 Å². The van der Waals surface area contributed by atoms with E-state index in [0.717, 1.165) is 29.8 Å². The predicted molar refractivity (Wildman–Crippen MR) is 117 cm³/mol. The van der Waals surface area contributed by atoms with Crippen LogP contribution in [0.1, 0.15) is 32.1 Å². The van der Waals surface area contributed by atoms with Gasteiger partial charge in [-0.05, 0) is 49.2 Å². The Labute approximate surface area is 180 Å². The Morgan fingerprint density at radius 3 is 2.67 bits per heavy atom. The number of nitrogens with one attached hydrogen (secondary N) is 1. The molecular formula is C22H25N5O2S. The van der Waals surface area contributed by atoms with E-state index in [4.69, 9.17) is 4.74 Å². The maximum Gasteiger partial charge on any atom is 0.230 e. The van der Waals surface area contributed by atoms with E-state index in [1.54, 1.807) is 19.5 Å². The number of ether oxygens (including phenoxy) is 1. The van der Waals surface area contributed by atoms with Crippen molar-refractivity contribution in [1.29, 1.82) is 0 Å². The van der Waals surface area contributed by atoms with Crippen molar-refractivity contribution in [1.82, 2.24) is 25.1 Å². The molecule has 0 bridgehead atoms. The summed E-state index contributed by atoms with van der Waals surface area (Å²) >= 11 is 1.39. The Balaban J connectivity index is 1.56. The summed E-state index contributed by atoms with van der Waals surface area (Å²) in [5, 5.41) is 12.6. The van der Waals surface area contributed by atoms with Crippen LogP contribution in [0, 0.1) is 0 Å². The average molecular weight is 424 g/mol. The molecule has 4 rings (SSSR count). The number of thioether (sulfide) groups is 1. The normalized spacial score (nSPS) is 14.4. The number of rotatable bonds is 7. The topological polar surface area (TPSA) is 81.9 Å². The molecular weight excluding hydrogens is 398 g/mol. The molecule has 156 valence electrons. The Morgan fingerprint density at radius 1 is 1.17 bits per heavy atom. The largest absolute Gasteiger partial charge is 0.497 e. The molecule has 1 fully saturated rings. The van der Waals surface area contributed by atoms with Gasteiger partial charge in [-0.15, -0.1) is 10.2 Å². The monoisotopic (exact) mass is 423 g/mol. The van der Waals surface area contributed by atoms with Crippen LogP contribution >= 0.6 is 11.8 Å². The zero-order chi connectivity index (χ0) is 20.8. The number of benzene rings is 1. The average Bonchev–Trinajstić information content (AvgIpc) is 3.23. The number of carbonyl (C=O) groups excluding carboxylic acids is 1. The van der Waals surface area contributed by atoms with Gasteiger partial charge in [0.2, 0.25) is 5.91 Å². The molecule has 1 amide bonds. The van der Waals surface area contributed by atoms with Crippen LogP contribution in [0.4, 0.5) is 0 Å². The molecule has 1 aromatic carbocycles. The van der Waals surface area contributed by atoms with Crippen molar-refractivity contribution in [2.24, 2.45) is 0 Å². The molecule has 1 saturated carbocycles. The van der Waals surface area contributed by atoms with Crippen LogP contribution in [0.15, 0.2) is 53.9 Å². The molecule has 2 aromatic heterocycles. The zero-order valence-corrected chi connectivity index (χ0v) is 17.8. The van der Waals surface area contributed by atoms with E-state index in [2.05, 4.69) is 20.5 Å². The molecule has 0 unspecified atom stereocenters. The summed E-state index contributed by atoms with van der Waals surface area (Å²) in [5.41, 5.74) is 1.76. The first kappa shape index (κ1) is 20.4. The highest BCUT2D eigenvalue weighted by Crippen LogP contribution is 2.28. The van der Waals surface area contributed by atoms with Gasteiger partial charge in [0.1, 0.15) is 5.75 Å². The lowest BCUT2D eigenvalue weighted by molar-refractivity contribution is -0.119. The van der Waals surface area contributed by atoms with E-state index >= 15 is 0 Å². The van der Waals surface area contributed by atoms with Gasteiger partial charge in [0.25, 0.3) is 0 Å². The van der Waals surface area contributed by atoms with Gasteiger partial charge < -0.3 is 10.1 Å². The van der Waals surface area contributed by atoms with Crippen molar-refractivity contribution in [2.45, 2.75) is 43.3 Å². The Bertz CT molecular complexity index is 969. The molecule has 0 atom stereocenters. The van der Waals surface area contributed by atoms with Crippen molar-refractivity contribution < 1.29 is 9.53 Å². The molecule has 1 aliphatic rings. The van der Waals surface area contributed by atoms with E-state index < -0.39 is 0 Å². The molecule has 2 heterocycles. The van der Waals surface area contributed by atoms with E-state index in [1.165, 1.54) is 31.0 Å². The van der Waals surface area contributed by atoms with Crippen LogP contribution in [0.5, 0.6) is 5.75 Å². The molecule has 0 saturated heterocycles. The Kier molecular flexibility index (Phi) is 6.63. The SMILES string of the molecule is COc1ccc(-n2c(SCC(=O)NC3CCCCC3)nnc2-c2cccnc2)cc1. The van der Waals surface area contributed by atoms with Crippen LogP contribution in [-0.2, 0) is 4.79 Å². The van der Waals surface area contributed by atoms with Crippen molar-refractivity contribution in [3.05, 3.63) is 48.8 Å². The summed E-state index contributed by atoms with van der Waals surface area (Å²) in [6.45, 7) is 0. The number of hydrogen-bond acceptors (Lipinski definition) is 6. The lowest BCUT2D eigenvalue weighted by Crippen LogP contribution is -2.37. The summed E-state index contributed by atoms with van der Waals surface area (Å²) in [6.07, 6.45) is 9.28. The van der Waals surface area contributed by atoms with Crippen LogP contribution in [0.2, 0.25) is 0 Å². The van der Waals surface area contributed by atoms with Crippen molar-refractivity contribution in [2.75, 3.05) is 12.9 Å². The number of methoxy groups -OCH3 is 1. The first-order valence-electron chi connectivity index (χ1n) is 10.2. The summed E-state index contributed by atoms with van der Waals surface area (Å²) < 4.78 is 7.23. The van der Waals surface area contributed by atoms with Crippen molar-refractivity contribution in [3.8, 4) is 22.8 Å². The fourth-order valence-electron chi connectivity index (χ4n) is 3.66. The van der Waals surface area contributed by atoms with E-state index in [1.807, 2.05) is 41.0 Å². The van der Waals surface area contributed by atoms with Gasteiger partial charge in [-0.1, -0.05) is 31.0 Å². The van der Waals surface area contributed by atoms with Gasteiger partial charge in [0.05, 0.1) is 12.9 Å². The quantitative estimate of drug-likeness (QED) is 0.581. The number of nitrogens with zero attached hydrogens (tertiary/aromatic N) is 4. The lowest BCUT2D eigenvalue weighted by Gasteiger charge is -2.22. The predicted octanol–water partition coefficient (Wildman–Crippen LogP) is 3.88. The number of pyridine rings is 1. The molecule has 30 heavy (non-hydrogen) atoms. The Morgan fingerprint density at radius 2 is 1.97 bits per heavy atom. The van der Waals surface area contributed by atoms with Gasteiger partial charge in [-0.2, -0.15) is 0 Å². The summed E-state index contributed by atoms with van der Waals surface area (Å²) in [5.74, 6) is 1.80. The third kappa shape index (κ3) is 4.81. The minimum Gasteiger partial charge on any atom is -0.497 e. The van der Waals surface area contributed by atoms with E-state index in [0.29, 0.717) is 22.8 Å². The fraction of sp³-hybridized carbons (Fsp3) is 0.364. The summed E-state index contributed by atoms with van der Waals surface area (Å²) in [4.78, 5) is 16.7. The minimum atomic E-state index is 0.0408. The third-order valence-electron chi connectivity index (χ3n) is 5.19. The number of carbonyl (C=O) groups is 1. The van der Waals surface area contributed by atoms with Gasteiger partial charge in [0.15, 0.2) is 11.0 Å². The highest BCUT2D eigenvalue weighted by molar-refractivity contribution is 7.99. The smallest absolute Gasteiger partial charge is 0.230 e. The number of aromatic nitrogens is 4. The van der Waals surface area contributed by atoms with Crippen LogP contribution in [0.25, 0.3) is 17.1 Å². The molecule has 0 spiro atoms. The lowest BCUT2D eigenvalue weighted by atomic mass is 9.95. The van der Waals surface area contributed by atoms with Crippen LogP contribution in [0.3, 0.4) is 0 Å². The van der Waals surface area contributed by atoms with Crippen LogP contribution < -0.4 is 10.1 Å².